The van der Waals surface area contributed by atoms with Gasteiger partial charge in [0.1, 0.15) is 5.75 Å². The Morgan fingerprint density at radius 1 is 1.28 bits per heavy atom. The number of methoxy groups -OCH3 is 1. The summed E-state index contributed by atoms with van der Waals surface area (Å²) in [6.45, 7) is 4.27. The van der Waals surface area contributed by atoms with Crippen LogP contribution in [0.4, 0.5) is 8.78 Å². The molecule has 1 aliphatic heterocycles. The first kappa shape index (κ1) is 13.3. The first-order valence-corrected chi connectivity index (χ1v) is 6.23. The maximum Gasteiger partial charge on any atom is 0.288 e. The van der Waals surface area contributed by atoms with E-state index in [-0.39, 0.29) is 5.56 Å². The molecule has 0 aliphatic carbocycles. The van der Waals surface area contributed by atoms with Crippen LogP contribution in [0, 0.1) is 13.8 Å². The van der Waals surface area contributed by atoms with Crippen LogP contribution in [0.15, 0.2) is 12.1 Å². The molecule has 1 aliphatic rings. The maximum absolute atomic E-state index is 14.4. The van der Waals surface area contributed by atoms with Gasteiger partial charge in [0.05, 0.1) is 13.2 Å². The number of hydrogen-bond acceptors (Lipinski definition) is 2. The third kappa shape index (κ3) is 2.21. The quantitative estimate of drug-likeness (QED) is 0.895. The molecule has 0 spiro atoms. The molecule has 1 atom stereocenters. The average molecular weight is 255 g/mol. The molecule has 0 aromatic heterocycles. The number of aryl methyl sites for hydroxylation is 2. The van der Waals surface area contributed by atoms with E-state index in [4.69, 9.17) is 4.74 Å². The van der Waals surface area contributed by atoms with Crippen LogP contribution in [-0.2, 0) is 5.92 Å². The van der Waals surface area contributed by atoms with Crippen molar-refractivity contribution in [3.8, 4) is 5.75 Å². The molecule has 18 heavy (non-hydrogen) atoms. The Labute approximate surface area is 106 Å². The highest BCUT2D eigenvalue weighted by Crippen LogP contribution is 2.38. The van der Waals surface area contributed by atoms with Crippen molar-refractivity contribution in [2.24, 2.45) is 0 Å². The molecular formula is C14H19F2NO. The summed E-state index contributed by atoms with van der Waals surface area (Å²) in [5, 5.41) is 2.88. The van der Waals surface area contributed by atoms with Gasteiger partial charge in [-0.3, -0.25) is 0 Å². The van der Waals surface area contributed by atoms with Crippen LogP contribution in [0.1, 0.15) is 29.5 Å². The van der Waals surface area contributed by atoms with Gasteiger partial charge in [-0.15, -0.1) is 0 Å². The van der Waals surface area contributed by atoms with E-state index in [1.165, 1.54) is 12.1 Å². The Kier molecular flexibility index (Phi) is 3.57. The molecule has 1 heterocycles. The Hall–Kier alpha value is -1.16. The molecule has 1 saturated heterocycles. The lowest BCUT2D eigenvalue weighted by molar-refractivity contribution is -0.0377. The molecular weight excluding hydrogens is 236 g/mol. The summed E-state index contributed by atoms with van der Waals surface area (Å²) in [4.78, 5) is 0. The summed E-state index contributed by atoms with van der Waals surface area (Å²) in [5.74, 6) is -2.13. The number of halogens is 2. The molecule has 1 aromatic rings. The summed E-state index contributed by atoms with van der Waals surface area (Å²) >= 11 is 0. The Bertz CT molecular complexity index is 416. The van der Waals surface area contributed by atoms with Crippen LogP contribution >= 0.6 is 0 Å². The van der Waals surface area contributed by atoms with Gasteiger partial charge in [-0.1, -0.05) is 0 Å². The van der Waals surface area contributed by atoms with Gasteiger partial charge in [-0.25, -0.2) is 0 Å². The van der Waals surface area contributed by atoms with Crippen molar-refractivity contribution in [3.63, 3.8) is 0 Å². The van der Waals surface area contributed by atoms with Crippen LogP contribution in [0.25, 0.3) is 0 Å². The lowest BCUT2D eigenvalue weighted by atomic mass is 9.96. The van der Waals surface area contributed by atoms with Crippen molar-refractivity contribution in [2.75, 3.05) is 13.7 Å². The van der Waals surface area contributed by atoms with Crippen LogP contribution in [0.2, 0.25) is 0 Å². The Morgan fingerprint density at radius 3 is 2.33 bits per heavy atom. The lowest BCUT2D eigenvalue weighted by Gasteiger charge is -2.25. The summed E-state index contributed by atoms with van der Waals surface area (Å²) < 4.78 is 33.9. The molecule has 0 bridgehead atoms. The highest BCUT2D eigenvalue weighted by atomic mass is 19.3. The maximum atomic E-state index is 14.4. The molecule has 0 saturated carbocycles. The second kappa shape index (κ2) is 4.84. The summed E-state index contributed by atoms with van der Waals surface area (Å²) in [6.07, 6.45) is 1.34. The minimum atomic E-state index is -2.82. The van der Waals surface area contributed by atoms with Crippen molar-refractivity contribution >= 4 is 0 Å². The van der Waals surface area contributed by atoms with Crippen molar-refractivity contribution in [2.45, 2.75) is 38.7 Å². The van der Waals surface area contributed by atoms with Crippen LogP contribution in [0.5, 0.6) is 5.75 Å². The highest BCUT2D eigenvalue weighted by molar-refractivity contribution is 5.44. The minimum absolute atomic E-state index is 0.0812. The zero-order valence-corrected chi connectivity index (χ0v) is 11.0. The van der Waals surface area contributed by atoms with E-state index in [9.17, 15) is 8.78 Å². The van der Waals surface area contributed by atoms with Crippen LogP contribution in [-0.4, -0.2) is 19.7 Å². The molecule has 1 fully saturated rings. The fourth-order valence-electron chi connectivity index (χ4n) is 2.66. The van der Waals surface area contributed by atoms with E-state index in [0.717, 1.165) is 17.5 Å². The second-order valence-electron chi connectivity index (χ2n) is 4.92. The van der Waals surface area contributed by atoms with Gasteiger partial charge in [0.15, 0.2) is 0 Å². The largest absolute Gasteiger partial charge is 0.496 e. The van der Waals surface area contributed by atoms with Gasteiger partial charge >= 0.3 is 0 Å². The van der Waals surface area contributed by atoms with Crippen molar-refractivity contribution in [3.05, 3.63) is 28.8 Å². The van der Waals surface area contributed by atoms with Crippen molar-refractivity contribution in [1.82, 2.24) is 5.32 Å². The van der Waals surface area contributed by atoms with Crippen molar-refractivity contribution in [1.29, 1.82) is 0 Å². The van der Waals surface area contributed by atoms with Crippen LogP contribution in [0.3, 0.4) is 0 Å². The standard InChI is InChI=1S/C14H19F2NO/c1-9-7-11(8-10(2)13(9)18-3)14(15,16)12-5-4-6-17-12/h7-8,12,17H,4-6H2,1-3H3. The second-order valence-corrected chi connectivity index (χ2v) is 4.92. The van der Waals surface area contributed by atoms with E-state index in [0.29, 0.717) is 18.7 Å². The smallest absolute Gasteiger partial charge is 0.288 e. The van der Waals surface area contributed by atoms with Gasteiger partial charge in [0.2, 0.25) is 0 Å². The van der Waals surface area contributed by atoms with E-state index < -0.39 is 12.0 Å². The molecule has 0 radical (unpaired) electrons. The number of benzene rings is 1. The van der Waals surface area contributed by atoms with Gasteiger partial charge in [0.25, 0.3) is 5.92 Å². The highest BCUT2D eigenvalue weighted by Gasteiger charge is 2.42. The first-order valence-electron chi connectivity index (χ1n) is 6.23. The van der Waals surface area contributed by atoms with E-state index in [1.54, 1.807) is 21.0 Å². The van der Waals surface area contributed by atoms with E-state index >= 15 is 0 Å². The summed E-state index contributed by atoms with van der Waals surface area (Å²) in [5.41, 5.74) is 1.59. The fraction of sp³-hybridized carbons (Fsp3) is 0.571. The molecule has 4 heteroatoms. The number of alkyl halides is 2. The normalized spacial score (nSPS) is 20.2. The zero-order chi connectivity index (χ0) is 13.3. The predicted molar refractivity (Wildman–Crippen MR) is 67.4 cm³/mol. The molecule has 1 aromatic carbocycles. The number of ether oxygens (including phenoxy) is 1. The number of rotatable bonds is 3. The molecule has 1 unspecified atom stereocenters. The van der Waals surface area contributed by atoms with Gasteiger partial charge in [-0.2, -0.15) is 8.78 Å². The predicted octanol–water partition coefficient (Wildman–Crippen LogP) is 3.16. The SMILES string of the molecule is COc1c(C)cc(C(F)(F)C2CCCN2)cc1C. The summed E-state index contributed by atoms with van der Waals surface area (Å²) in [6, 6.07) is 2.32. The van der Waals surface area contributed by atoms with Crippen LogP contribution < -0.4 is 10.1 Å². The van der Waals surface area contributed by atoms with E-state index in [2.05, 4.69) is 5.32 Å². The molecule has 100 valence electrons. The zero-order valence-electron chi connectivity index (χ0n) is 11.0. The third-order valence-corrected chi connectivity index (χ3v) is 3.55. The minimum Gasteiger partial charge on any atom is -0.496 e. The monoisotopic (exact) mass is 255 g/mol. The number of hydrogen-bond donors (Lipinski definition) is 1. The molecule has 2 nitrogen and oxygen atoms in total. The molecule has 1 N–H and O–H groups in total. The molecule has 0 amide bonds. The Balaban J connectivity index is 2.38. The van der Waals surface area contributed by atoms with Crippen molar-refractivity contribution < 1.29 is 13.5 Å². The van der Waals surface area contributed by atoms with Gasteiger partial charge in [-0.05, 0) is 56.5 Å². The summed E-state index contributed by atoms with van der Waals surface area (Å²) in [7, 11) is 1.56. The lowest BCUT2D eigenvalue weighted by Crippen LogP contribution is -2.38. The molecule has 2 rings (SSSR count). The van der Waals surface area contributed by atoms with Gasteiger partial charge in [0, 0.05) is 5.56 Å². The van der Waals surface area contributed by atoms with Gasteiger partial charge < -0.3 is 10.1 Å². The first-order chi connectivity index (χ1) is 8.46. The fourth-order valence-corrected chi connectivity index (χ4v) is 2.66. The van der Waals surface area contributed by atoms with E-state index in [1.807, 2.05) is 0 Å². The third-order valence-electron chi connectivity index (χ3n) is 3.55. The Morgan fingerprint density at radius 2 is 1.89 bits per heavy atom. The average Bonchev–Trinajstić information content (AvgIpc) is 2.82. The number of nitrogens with one attached hydrogen (secondary N) is 1. The topological polar surface area (TPSA) is 21.3 Å².